The number of aliphatic hydroxyl groups excluding tert-OH is 6. The molecule has 0 aliphatic carbocycles. The minimum Gasteiger partial charge on any atom is -0.508 e. The first-order chi connectivity index (χ1) is 59.6. The highest BCUT2D eigenvalue weighted by Gasteiger charge is 2.50. The predicted octanol–water partition coefficient (Wildman–Crippen LogP) is -1.33. The molecule has 6 aromatic carbocycles. The van der Waals surface area contributed by atoms with Crippen LogP contribution in [-0.2, 0) is 73.4 Å². The Morgan fingerprint density at radius 1 is 0.667 bits per heavy atom. The number of nitrogens with one attached hydrogen (secondary N) is 10. The summed E-state index contributed by atoms with van der Waals surface area (Å²) < 4.78 is 38.5. The van der Waals surface area contributed by atoms with Crippen molar-refractivity contribution in [2.24, 2.45) is 28.9 Å². The van der Waals surface area contributed by atoms with Crippen molar-refractivity contribution in [3.8, 4) is 62.9 Å². The molecule has 7 aliphatic heterocycles. The number of nitrogens with two attached hydrogens (primary N) is 4. The Bertz CT molecular complexity index is 5110. The van der Waals surface area contributed by atoms with Crippen LogP contribution >= 0.6 is 23.2 Å². The number of fused-ring (bicyclic) bond motifs is 15. The molecule has 20 atom stereocenters. The molecule has 41 nitrogen and oxygen atoms in total. The molecule has 6 aromatic rings. The van der Waals surface area contributed by atoms with E-state index in [2.05, 4.69) is 53.2 Å². The molecule has 7 aliphatic rings. The number of unbranched alkanes of at least 4 members (excludes halogenated alkanes) is 1. The average molecular weight is 1800 g/mol. The van der Waals surface area contributed by atoms with E-state index < -0.39 is 290 Å². The zero-order valence-electron chi connectivity index (χ0n) is 68.4. The second-order valence-electron chi connectivity index (χ2n) is 31.8. The van der Waals surface area contributed by atoms with Crippen LogP contribution in [0.3, 0.4) is 0 Å². The molecule has 678 valence electrons. The summed E-state index contributed by atoms with van der Waals surface area (Å²) in [5, 5.41) is 138. The summed E-state index contributed by atoms with van der Waals surface area (Å²) in [6.45, 7) is 4.79. The highest BCUT2D eigenvalue weighted by molar-refractivity contribution is 6.32. The highest BCUT2D eigenvalue weighted by Crippen LogP contribution is 2.50. The van der Waals surface area contributed by atoms with Crippen LogP contribution in [0.15, 0.2) is 103 Å². The molecule has 0 spiro atoms. The normalized spacial score (nSPS) is 26.3. The first kappa shape index (κ1) is 95.0. The Balaban J connectivity index is 1.11. The Labute approximate surface area is 729 Å². The number of aliphatic hydroxyl groups is 6. The van der Waals surface area contributed by atoms with Crippen LogP contribution in [-0.4, -0.2) is 234 Å². The maximum atomic E-state index is 16.5. The molecule has 1 unspecified atom stereocenters. The topological polar surface area (TPSA) is 670 Å². The fourth-order valence-electron chi connectivity index (χ4n) is 15.1. The third kappa shape index (κ3) is 22.2. The van der Waals surface area contributed by atoms with E-state index in [1.165, 1.54) is 57.3 Å². The largest absolute Gasteiger partial charge is 0.508 e. The van der Waals surface area contributed by atoms with Crippen molar-refractivity contribution in [1.29, 1.82) is 0 Å². The first-order valence-corrected chi connectivity index (χ1v) is 40.8. The lowest BCUT2D eigenvalue weighted by atomic mass is 9.86. The number of carbonyl (C=O) groups excluding carboxylic acids is 11. The summed E-state index contributed by atoms with van der Waals surface area (Å²) in [4.78, 5) is 165. The Hall–Kier alpha value is -11.7. The molecule has 0 saturated carbocycles. The van der Waals surface area contributed by atoms with Crippen molar-refractivity contribution < 1.29 is 132 Å². The van der Waals surface area contributed by atoms with Crippen molar-refractivity contribution >= 4 is 88.2 Å². The Morgan fingerprint density at radius 3 is 1.93 bits per heavy atom. The predicted molar refractivity (Wildman–Crippen MR) is 442 cm³/mol. The summed E-state index contributed by atoms with van der Waals surface area (Å²) in [6, 6.07) is 1.53. The van der Waals surface area contributed by atoms with Crippen molar-refractivity contribution in [2.75, 3.05) is 26.7 Å². The van der Waals surface area contributed by atoms with E-state index >= 15 is 28.8 Å². The van der Waals surface area contributed by atoms with Gasteiger partial charge >= 0.3 is 0 Å². The molecule has 43 heteroatoms. The summed E-state index contributed by atoms with van der Waals surface area (Å²) >= 11 is 14.4. The number of benzene rings is 6. The minimum absolute atomic E-state index is 0.0264. The van der Waals surface area contributed by atoms with Crippen molar-refractivity contribution in [2.45, 2.75) is 194 Å². The molecule has 13 rings (SSSR count). The number of primary amides is 1. The molecule has 11 bridgehead atoms. The number of ether oxygens (including phenoxy) is 6. The fourth-order valence-corrected chi connectivity index (χ4v) is 15.5. The van der Waals surface area contributed by atoms with Gasteiger partial charge < -0.3 is 150 Å². The van der Waals surface area contributed by atoms with Crippen LogP contribution < -0.4 is 90.3 Å². The molecule has 126 heavy (non-hydrogen) atoms. The number of likely N-dealkylation sites (N-methyl/N-ethyl adjacent to an activating group) is 1. The molecule has 0 aromatic heterocycles. The van der Waals surface area contributed by atoms with Crippen molar-refractivity contribution in [3.63, 3.8) is 0 Å². The molecular weight excluding hydrogens is 1700 g/mol. The standard InChI is InChI=1S/C83H100Cl2N14O27/c1-33(2)20-48(90-5)75(114)97-64-66(107)37-12-17-52(44(84)23-37)122-54-25-39-26-55(71(54)126-82-69(110)68(109)67(108)56(32-100)124-82)123-53-18-13-38(24-45(53)85)70(125-59-30-83(4,89)72(111)34(3)121-59)65-81(120)96-63(79(118)99-74(113)47(8-6-7-19-86)92-58(106)31-91-73(112)46(87)21-35-9-14-40(101)15-10-35)43-27-41(102)28-51(104)60(43)42-22-36(11-16-50(42)103)61(77(116)98-65)95-78(117)62(39)94-76(115)49(29-57(88)105)93-80(64)119/h9-18,22-28,33-34,46-49,56,59,61-70,72,82,90,100-104,107-111H,6-8,19-21,29-32,86-87,89H2,1-5H3,(H2,88,105)(H,91,112)(H,92,106)(H,93,119)(H,94,115)(H,95,117)(H,96,120)(H,97,114)(H,98,116)(H,99,113,118)/t34-,46-,47-,48+,49-,56+,59-,61+,62+,63+,64+,65?,66+,67+,68-,69+,70+,72-,82-,83-/m0/s1. The zero-order chi connectivity index (χ0) is 91.8. The van der Waals surface area contributed by atoms with Gasteiger partial charge in [0.2, 0.25) is 71.1 Å². The SMILES string of the molecule is CN[C@H](CC(C)C)C(=O)N[C@H]1C(=O)N[C@@H](CC(N)=O)C(=O)N[C@H]2C(=O)N[C@H]3C(=O)NC(C(=O)N[C@@H](C(=O)NC(=O)[C@H](CCCCN)NC(=O)CNC(=O)[C@@H](N)Cc4ccc(O)cc4)c4cc(O)cc(O)c4-c4cc3ccc4O)[C@H](O[C@H]3C[C@](C)(N)[C@@H](O)[C@H](C)O3)c3ccc(c(Cl)c3)Oc3cc2cc(c3O[C@@H]2O[C@H](CO)[C@@H](O)[C@H](O)[C@H]2O)Oc2ccc(cc2Cl)[C@H]1O. The van der Waals surface area contributed by atoms with Gasteiger partial charge in [-0.3, -0.25) is 58.1 Å². The molecule has 7 heterocycles. The molecule has 2 saturated heterocycles. The summed E-state index contributed by atoms with van der Waals surface area (Å²) in [5.41, 5.74) is 20.3. The van der Waals surface area contributed by atoms with Crippen LogP contribution in [0.5, 0.6) is 51.7 Å². The van der Waals surface area contributed by atoms with Crippen LogP contribution in [0.25, 0.3) is 11.1 Å². The highest BCUT2D eigenvalue weighted by atomic mass is 35.5. The van der Waals surface area contributed by atoms with E-state index in [4.69, 9.17) is 74.6 Å². The van der Waals surface area contributed by atoms with Gasteiger partial charge in [-0.15, -0.1) is 0 Å². The lowest BCUT2D eigenvalue weighted by molar-refractivity contribution is -0.277. The maximum Gasteiger partial charge on any atom is 0.253 e. The van der Waals surface area contributed by atoms with Gasteiger partial charge in [0, 0.05) is 29.2 Å². The number of aromatic hydroxyl groups is 4. The first-order valence-electron chi connectivity index (χ1n) is 40.0. The average Bonchev–Trinajstić information content (AvgIpc) is 0.763. The number of phenols is 4. The number of hydrogen-bond donors (Lipinski definition) is 24. The van der Waals surface area contributed by atoms with Gasteiger partial charge in [-0.05, 0) is 166 Å². The number of carbonyl (C=O) groups is 11. The maximum absolute atomic E-state index is 16.5. The fraction of sp³-hybridized carbons (Fsp3) is 0.434. The number of amides is 11. The smallest absolute Gasteiger partial charge is 0.253 e. The molecule has 28 N–H and O–H groups in total. The summed E-state index contributed by atoms with van der Waals surface area (Å²) in [7, 11) is 1.46. The van der Waals surface area contributed by atoms with Crippen LogP contribution in [0, 0.1) is 5.92 Å². The van der Waals surface area contributed by atoms with Crippen LogP contribution in [0.2, 0.25) is 10.0 Å². The molecular formula is C83H100Cl2N14O27. The van der Waals surface area contributed by atoms with E-state index in [1.807, 2.05) is 0 Å². The van der Waals surface area contributed by atoms with Gasteiger partial charge in [-0.2, -0.15) is 0 Å². The summed E-state index contributed by atoms with van der Waals surface area (Å²) in [6.07, 6.45) is -19.8. The Kier molecular flexibility index (Phi) is 30.7. The number of phenolic OH excluding ortho intramolecular Hbond substituents is 4. The van der Waals surface area contributed by atoms with Crippen molar-refractivity contribution in [3.05, 3.63) is 147 Å². The minimum atomic E-state index is -2.43. The lowest BCUT2D eigenvalue weighted by Crippen LogP contribution is -2.61. The van der Waals surface area contributed by atoms with E-state index in [0.717, 1.165) is 66.7 Å². The molecule has 11 amide bonds. The number of halogens is 2. The van der Waals surface area contributed by atoms with Gasteiger partial charge in [0.1, 0.15) is 113 Å². The third-order valence-corrected chi connectivity index (χ3v) is 22.4. The monoisotopic (exact) mass is 1790 g/mol. The lowest BCUT2D eigenvalue weighted by Gasteiger charge is -2.44. The van der Waals surface area contributed by atoms with Crippen LogP contribution in [0.4, 0.5) is 0 Å². The van der Waals surface area contributed by atoms with E-state index in [9.17, 15) is 75.0 Å². The zero-order valence-corrected chi connectivity index (χ0v) is 69.9. The Morgan fingerprint density at radius 2 is 1.30 bits per heavy atom. The van der Waals surface area contributed by atoms with Gasteiger partial charge in [-0.1, -0.05) is 67.4 Å². The van der Waals surface area contributed by atoms with Gasteiger partial charge in [-0.25, -0.2) is 0 Å². The van der Waals surface area contributed by atoms with E-state index in [1.54, 1.807) is 13.8 Å². The second kappa shape index (κ2) is 40.8. The summed E-state index contributed by atoms with van der Waals surface area (Å²) in [5.74, 6) is -19.7. The third-order valence-electron chi connectivity index (χ3n) is 21.8. The van der Waals surface area contributed by atoms with Gasteiger partial charge in [0.25, 0.3) is 5.91 Å². The number of imide groups is 1. The molecule has 2 fully saturated rings. The quantitative estimate of drug-likeness (QED) is 0.0312. The number of hydrogen-bond acceptors (Lipinski definition) is 31. The van der Waals surface area contributed by atoms with Gasteiger partial charge in [0.15, 0.2) is 17.8 Å². The van der Waals surface area contributed by atoms with Gasteiger partial charge in [0.05, 0.1) is 53.9 Å². The molecule has 0 radical (unpaired) electrons. The van der Waals surface area contributed by atoms with Crippen LogP contribution in [0.1, 0.15) is 130 Å². The van der Waals surface area contributed by atoms with E-state index in [0.29, 0.717) is 5.56 Å². The van der Waals surface area contributed by atoms with E-state index in [-0.39, 0.29) is 67.2 Å². The second-order valence-corrected chi connectivity index (χ2v) is 32.6. The number of rotatable bonds is 24. The van der Waals surface area contributed by atoms with Crippen molar-refractivity contribution in [1.82, 2.24) is 53.2 Å².